The number of nitrogens with one attached hydrogen (secondary N) is 1. The van der Waals surface area contributed by atoms with Crippen molar-refractivity contribution in [2.24, 2.45) is 13.0 Å². The Morgan fingerprint density at radius 1 is 1.24 bits per heavy atom. The average molecular weight is 289 g/mol. The molecule has 1 N–H and O–H groups in total. The number of imidazole rings is 1. The molecule has 4 nitrogen and oxygen atoms in total. The smallest absolute Gasteiger partial charge is 0.121 e. The molecule has 1 heterocycles. The third-order valence-corrected chi connectivity index (χ3v) is 3.39. The van der Waals surface area contributed by atoms with Crippen molar-refractivity contribution in [3.8, 4) is 5.75 Å². The Hall–Kier alpha value is -1.55. The highest BCUT2D eigenvalue weighted by Gasteiger charge is 2.09. The molecule has 0 aliphatic carbocycles. The number of hydrogen-bond acceptors (Lipinski definition) is 3. The van der Waals surface area contributed by atoms with Crippen LogP contribution in [0.5, 0.6) is 5.75 Å². The lowest BCUT2D eigenvalue weighted by Gasteiger charge is -2.09. The second-order valence-electron chi connectivity index (χ2n) is 6.25. The first kappa shape index (κ1) is 15.8. The predicted molar refractivity (Wildman–Crippen MR) is 87.9 cm³/mol. The molecule has 21 heavy (non-hydrogen) atoms. The molecule has 0 unspecified atom stereocenters. The van der Waals surface area contributed by atoms with Crippen molar-refractivity contribution in [1.82, 2.24) is 14.9 Å². The van der Waals surface area contributed by atoms with Gasteiger partial charge in [0, 0.05) is 26.1 Å². The molecule has 2 aromatic rings. The maximum atomic E-state index is 5.73. The Balaban J connectivity index is 2.09. The quantitative estimate of drug-likeness (QED) is 0.796. The molecule has 0 fully saturated rings. The van der Waals surface area contributed by atoms with Gasteiger partial charge in [0.05, 0.1) is 17.1 Å². The molecule has 0 radical (unpaired) electrons. The van der Waals surface area contributed by atoms with Crippen LogP contribution in [0.1, 0.15) is 33.5 Å². The van der Waals surface area contributed by atoms with E-state index in [0.717, 1.165) is 42.1 Å². The van der Waals surface area contributed by atoms with E-state index in [2.05, 4.69) is 36.8 Å². The molecule has 0 aliphatic heterocycles. The Morgan fingerprint density at radius 2 is 2.00 bits per heavy atom. The minimum Gasteiger partial charge on any atom is -0.491 e. The van der Waals surface area contributed by atoms with E-state index in [1.54, 1.807) is 0 Å². The summed E-state index contributed by atoms with van der Waals surface area (Å²) in [4.78, 5) is 4.74. The minimum atomic E-state index is 0.186. The zero-order valence-corrected chi connectivity index (χ0v) is 13.8. The van der Waals surface area contributed by atoms with Crippen LogP contribution in [0.15, 0.2) is 18.2 Å². The maximum Gasteiger partial charge on any atom is 0.121 e. The van der Waals surface area contributed by atoms with Gasteiger partial charge in [-0.15, -0.1) is 0 Å². The third kappa shape index (κ3) is 4.21. The zero-order valence-electron chi connectivity index (χ0n) is 13.8. The molecule has 0 aliphatic rings. The summed E-state index contributed by atoms with van der Waals surface area (Å²) in [6.45, 7) is 10.5. The molecule has 0 saturated carbocycles. The van der Waals surface area contributed by atoms with Crippen molar-refractivity contribution in [2.75, 3.05) is 13.1 Å². The van der Waals surface area contributed by atoms with E-state index < -0.39 is 0 Å². The van der Waals surface area contributed by atoms with E-state index in [1.165, 1.54) is 0 Å². The fraction of sp³-hybridized carbons (Fsp3) is 0.588. The van der Waals surface area contributed by atoms with Crippen molar-refractivity contribution >= 4 is 11.0 Å². The van der Waals surface area contributed by atoms with Gasteiger partial charge in [-0.05, 0) is 38.4 Å². The Morgan fingerprint density at radius 3 is 2.67 bits per heavy atom. The van der Waals surface area contributed by atoms with Crippen LogP contribution in [0.3, 0.4) is 0 Å². The molecule has 0 saturated heterocycles. The Labute approximate surface area is 127 Å². The highest BCUT2D eigenvalue weighted by Crippen LogP contribution is 2.22. The topological polar surface area (TPSA) is 39.1 Å². The molecular formula is C17H27N3O. The van der Waals surface area contributed by atoms with Gasteiger partial charge in [-0.2, -0.15) is 0 Å². The second-order valence-corrected chi connectivity index (χ2v) is 6.25. The number of nitrogens with zero attached hydrogens (tertiary/aromatic N) is 2. The van der Waals surface area contributed by atoms with Crippen molar-refractivity contribution in [1.29, 1.82) is 0 Å². The number of hydrogen-bond donors (Lipinski definition) is 1. The summed E-state index contributed by atoms with van der Waals surface area (Å²) in [6.07, 6.45) is 1.13. The molecule has 0 atom stereocenters. The maximum absolute atomic E-state index is 5.73. The molecule has 0 bridgehead atoms. The van der Waals surface area contributed by atoms with Crippen molar-refractivity contribution in [3.05, 3.63) is 24.0 Å². The normalized spacial score (nSPS) is 11.8. The number of rotatable bonds is 7. The molecule has 4 heteroatoms. The van der Waals surface area contributed by atoms with Crippen LogP contribution in [0.4, 0.5) is 0 Å². The van der Waals surface area contributed by atoms with Crippen LogP contribution in [0, 0.1) is 5.92 Å². The van der Waals surface area contributed by atoms with E-state index in [0.29, 0.717) is 5.92 Å². The van der Waals surface area contributed by atoms with Gasteiger partial charge in [0.1, 0.15) is 11.6 Å². The average Bonchev–Trinajstić information content (AvgIpc) is 2.70. The lowest BCUT2D eigenvalue weighted by atomic mass is 10.2. The largest absolute Gasteiger partial charge is 0.491 e. The summed E-state index contributed by atoms with van der Waals surface area (Å²) >= 11 is 0. The minimum absolute atomic E-state index is 0.186. The van der Waals surface area contributed by atoms with Crippen LogP contribution in [-0.2, 0) is 13.5 Å². The fourth-order valence-electron chi connectivity index (χ4n) is 2.39. The molecular weight excluding hydrogens is 262 g/mol. The first-order chi connectivity index (χ1) is 9.97. The van der Waals surface area contributed by atoms with E-state index in [9.17, 15) is 0 Å². The second kappa shape index (κ2) is 6.94. The molecule has 1 aromatic carbocycles. The summed E-state index contributed by atoms with van der Waals surface area (Å²) in [5.74, 6) is 2.68. The lowest BCUT2D eigenvalue weighted by molar-refractivity contribution is 0.242. The lowest BCUT2D eigenvalue weighted by Crippen LogP contribution is -2.23. The van der Waals surface area contributed by atoms with E-state index in [4.69, 9.17) is 9.72 Å². The van der Waals surface area contributed by atoms with Gasteiger partial charge in [0.25, 0.3) is 0 Å². The van der Waals surface area contributed by atoms with Crippen LogP contribution >= 0.6 is 0 Å². The van der Waals surface area contributed by atoms with Crippen LogP contribution in [0.2, 0.25) is 0 Å². The zero-order chi connectivity index (χ0) is 15.4. The number of aryl methyl sites for hydroxylation is 1. The summed E-state index contributed by atoms with van der Waals surface area (Å²) in [5, 5.41) is 3.46. The van der Waals surface area contributed by atoms with Gasteiger partial charge in [-0.1, -0.05) is 13.8 Å². The molecule has 2 rings (SSSR count). The Bertz CT molecular complexity index is 587. The monoisotopic (exact) mass is 289 g/mol. The summed E-state index contributed by atoms with van der Waals surface area (Å²) in [7, 11) is 2.08. The van der Waals surface area contributed by atoms with E-state index in [1.807, 2.05) is 26.0 Å². The first-order valence-electron chi connectivity index (χ1n) is 7.80. The van der Waals surface area contributed by atoms with Gasteiger partial charge in [-0.25, -0.2) is 4.98 Å². The number of aromatic nitrogens is 2. The molecule has 0 amide bonds. The Kier molecular flexibility index (Phi) is 5.23. The number of ether oxygens (including phenoxy) is 1. The van der Waals surface area contributed by atoms with Crippen molar-refractivity contribution < 1.29 is 4.74 Å². The van der Waals surface area contributed by atoms with Gasteiger partial charge in [-0.3, -0.25) is 0 Å². The SMILES string of the molecule is CC(C)CNCCc1nc2cc(OC(C)C)ccc2n1C. The molecule has 116 valence electrons. The highest BCUT2D eigenvalue weighted by molar-refractivity contribution is 5.77. The summed E-state index contributed by atoms with van der Waals surface area (Å²) < 4.78 is 7.91. The summed E-state index contributed by atoms with van der Waals surface area (Å²) in [6, 6.07) is 6.14. The van der Waals surface area contributed by atoms with Crippen molar-refractivity contribution in [3.63, 3.8) is 0 Å². The van der Waals surface area contributed by atoms with Gasteiger partial charge >= 0.3 is 0 Å². The van der Waals surface area contributed by atoms with Gasteiger partial charge < -0.3 is 14.6 Å². The van der Waals surface area contributed by atoms with Crippen LogP contribution in [0.25, 0.3) is 11.0 Å². The first-order valence-corrected chi connectivity index (χ1v) is 7.80. The molecule has 0 spiro atoms. The standard InChI is InChI=1S/C17H27N3O/c1-12(2)11-18-9-8-17-19-15-10-14(21-13(3)4)6-7-16(15)20(17)5/h6-7,10,12-13,18H,8-9,11H2,1-5H3. The third-order valence-electron chi connectivity index (χ3n) is 3.39. The van der Waals surface area contributed by atoms with Crippen LogP contribution < -0.4 is 10.1 Å². The summed E-state index contributed by atoms with van der Waals surface area (Å²) in [5.41, 5.74) is 2.17. The van der Waals surface area contributed by atoms with Gasteiger partial charge in [0.15, 0.2) is 0 Å². The predicted octanol–water partition coefficient (Wildman–Crippen LogP) is 3.15. The molecule has 1 aromatic heterocycles. The van der Waals surface area contributed by atoms with Gasteiger partial charge in [0.2, 0.25) is 0 Å². The number of fused-ring (bicyclic) bond motifs is 1. The van der Waals surface area contributed by atoms with E-state index in [-0.39, 0.29) is 6.10 Å². The van der Waals surface area contributed by atoms with Crippen LogP contribution in [-0.4, -0.2) is 28.7 Å². The fourth-order valence-corrected chi connectivity index (χ4v) is 2.39. The van der Waals surface area contributed by atoms with Crippen molar-refractivity contribution in [2.45, 2.75) is 40.2 Å². The van der Waals surface area contributed by atoms with E-state index >= 15 is 0 Å². The number of benzene rings is 1. The highest BCUT2D eigenvalue weighted by atomic mass is 16.5.